The molecule has 0 bridgehead atoms. The summed E-state index contributed by atoms with van der Waals surface area (Å²) in [7, 11) is 0. The lowest BCUT2D eigenvalue weighted by Crippen LogP contribution is -2.50. The number of carboxylic acids is 1. The number of nitrogen functional groups attached to an aromatic ring is 1. The number of benzene rings is 3. The predicted molar refractivity (Wildman–Crippen MR) is 142 cm³/mol. The maximum Gasteiger partial charge on any atom is 0.326 e. The highest BCUT2D eigenvalue weighted by atomic mass is 16.4. The normalized spacial score (nSPS) is 15.9. The largest absolute Gasteiger partial charge is 0.480 e. The Hall–Kier alpha value is -4.39. The second-order valence-electron chi connectivity index (χ2n) is 9.62. The molecule has 7 heteroatoms. The number of aryl methyl sites for hydroxylation is 1. The van der Waals surface area contributed by atoms with E-state index in [0.717, 1.165) is 39.3 Å². The molecule has 3 aromatic carbocycles. The Morgan fingerprint density at radius 3 is 2.16 bits per heavy atom. The smallest absolute Gasteiger partial charge is 0.326 e. The van der Waals surface area contributed by atoms with Crippen molar-refractivity contribution < 1.29 is 14.7 Å². The number of fused-ring (bicyclic) bond motifs is 1. The number of aromatic nitrogens is 2. The van der Waals surface area contributed by atoms with E-state index in [9.17, 15) is 14.7 Å². The lowest BCUT2D eigenvalue weighted by molar-refractivity contribution is -0.151. The van der Waals surface area contributed by atoms with Gasteiger partial charge in [-0.25, -0.2) is 9.78 Å². The zero-order chi connectivity index (χ0) is 26.1. The highest BCUT2D eigenvalue weighted by Gasteiger charge is 2.40. The molecule has 5 rings (SSSR count). The molecule has 2 unspecified atom stereocenters. The number of hydrogen-bond donors (Lipinski definition) is 2. The highest BCUT2D eigenvalue weighted by molar-refractivity contribution is 5.91. The zero-order valence-electron chi connectivity index (χ0n) is 20.9. The van der Waals surface area contributed by atoms with Gasteiger partial charge in [0, 0.05) is 17.8 Å². The molecule has 0 fully saturated rings. The molecule has 1 amide bonds. The summed E-state index contributed by atoms with van der Waals surface area (Å²) in [5, 5.41) is 10.2. The molecule has 0 saturated carbocycles. The maximum atomic E-state index is 14.1. The number of amides is 1. The van der Waals surface area contributed by atoms with Gasteiger partial charge in [0.2, 0.25) is 5.91 Å². The van der Waals surface area contributed by atoms with Gasteiger partial charge in [-0.3, -0.25) is 4.79 Å². The number of anilines is 1. The van der Waals surface area contributed by atoms with Crippen LogP contribution >= 0.6 is 0 Å². The van der Waals surface area contributed by atoms with Crippen molar-refractivity contribution in [1.82, 2.24) is 14.5 Å². The van der Waals surface area contributed by atoms with Crippen molar-refractivity contribution in [1.29, 1.82) is 0 Å². The van der Waals surface area contributed by atoms with Crippen LogP contribution in [0, 0.1) is 6.92 Å². The van der Waals surface area contributed by atoms with Crippen LogP contribution in [-0.4, -0.2) is 37.5 Å². The number of nitrogens with zero attached hydrogens (tertiary/aromatic N) is 3. The molecule has 1 aromatic heterocycles. The van der Waals surface area contributed by atoms with Crippen molar-refractivity contribution in [3.63, 3.8) is 0 Å². The summed E-state index contributed by atoms with van der Waals surface area (Å²) in [5.41, 5.74) is 12.0. The molecule has 0 radical (unpaired) electrons. The van der Waals surface area contributed by atoms with Crippen LogP contribution < -0.4 is 5.73 Å². The zero-order valence-corrected chi connectivity index (χ0v) is 20.9. The van der Waals surface area contributed by atoms with E-state index in [1.807, 2.05) is 90.4 Å². The number of hydrogen-bond acceptors (Lipinski definition) is 4. The molecule has 0 saturated heterocycles. The third-order valence-corrected chi connectivity index (χ3v) is 7.34. The lowest BCUT2D eigenvalue weighted by Gasteiger charge is -2.36. The minimum absolute atomic E-state index is 0.0615. The lowest BCUT2D eigenvalue weighted by atomic mass is 9.88. The van der Waals surface area contributed by atoms with Crippen molar-refractivity contribution in [2.75, 3.05) is 5.73 Å². The monoisotopic (exact) mass is 494 g/mol. The first-order valence-electron chi connectivity index (χ1n) is 12.4. The summed E-state index contributed by atoms with van der Waals surface area (Å²) in [6.07, 6.45) is 1.94. The molecule has 1 aliphatic heterocycles. The molecule has 1 aliphatic rings. The summed E-state index contributed by atoms with van der Waals surface area (Å²) in [5.74, 6) is -1.88. The summed E-state index contributed by atoms with van der Waals surface area (Å²) >= 11 is 0. The van der Waals surface area contributed by atoms with Gasteiger partial charge in [0.15, 0.2) is 0 Å². The van der Waals surface area contributed by atoms with E-state index >= 15 is 0 Å². The van der Waals surface area contributed by atoms with Crippen LogP contribution in [0.15, 0.2) is 85.2 Å². The number of carbonyl (C=O) groups is 2. The van der Waals surface area contributed by atoms with Crippen molar-refractivity contribution in [2.24, 2.45) is 0 Å². The van der Waals surface area contributed by atoms with Gasteiger partial charge in [0.1, 0.15) is 6.04 Å². The van der Waals surface area contributed by atoms with E-state index in [2.05, 4.69) is 11.9 Å². The van der Waals surface area contributed by atoms with E-state index in [1.54, 1.807) is 6.33 Å². The van der Waals surface area contributed by atoms with Crippen LogP contribution in [0.4, 0.5) is 5.69 Å². The average molecular weight is 495 g/mol. The van der Waals surface area contributed by atoms with Crippen molar-refractivity contribution in [3.05, 3.63) is 119 Å². The Morgan fingerprint density at radius 2 is 1.59 bits per heavy atom. The molecule has 2 atom stereocenters. The van der Waals surface area contributed by atoms with Crippen molar-refractivity contribution >= 4 is 17.6 Å². The van der Waals surface area contributed by atoms with E-state index in [0.29, 0.717) is 0 Å². The first-order chi connectivity index (χ1) is 17.8. The van der Waals surface area contributed by atoms with Crippen LogP contribution in [0.5, 0.6) is 0 Å². The first kappa shape index (κ1) is 24.3. The molecule has 0 spiro atoms. The molecule has 188 valence electrons. The number of imidazole rings is 1. The minimum Gasteiger partial charge on any atom is -0.480 e. The van der Waals surface area contributed by atoms with Gasteiger partial charge in [0.05, 0.1) is 30.5 Å². The fourth-order valence-corrected chi connectivity index (χ4v) is 5.18. The second-order valence-corrected chi connectivity index (χ2v) is 9.62. The van der Waals surface area contributed by atoms with Crippen LogP contribution in [0.25, 0.3) is 0 Å². The van der Waals surface area contributed by atoms with Gasteiger partial charge in [-0.05, 0) is 42.2 Å². The number of carbonyl (C=O) groups excluding carboxylic acids is 1. The van der Waals surface area contributed by atoms with Crippen molar-refractivity contribution in [2.45, 2.75) is 44.8 Å². The molecular formula is C30H30N4O3. The third-order valence-electron chi connectivity index (χ3n) is 7.34. The third kappa shape index (κ3) is 4.60. The molecular weight excluding hydrogens is 464 g/mol. The Morgan fingerprint density at radius 1 is 0.973 bits per heavy atom. The number of carboxylic acid groups (broad SMARTS) is 1. The topological polar surface area (TPSA) is 101 Å². The maximum absolute atomic E-state index is 14.1. The highest BCUT2D eigenvalue weighted by Crippen LogP contribution is 2.33. The minimum atomic E-state index is -1.03. The second kappa shape index (κ2) is 9.93. The molecule has 37 heavy (non-hydrogen) atoms. The fraction of sp³-hybridized carbons (Fsp3) is 0.233. The van der Waals surface area contributed by atoms with Crippen LogP contribution in [0.3, 0.4) is 0 Å². The number of rotatable bonds is 6. The van der Waals surface area contributed by atoms with Gasteiger partial charge >= 0.3 is 5.97 Å². The van der Waals surface area contributed by atoms with Crippen LogP contribution in [-0.2, 0) is 22.6 Å². The van der Waals surface area contributed by atoms with Gasteiger partial charge in [-0.15, -0.1) is 0 Å². The average Bonchev–Trinajstić information content (AvgIpc) is 3.33. The molecule has 7 nitrogen and oxygen atoms in total. The van der Waals surface area contributed by atoms with E-state index in [-0.39, 0.29) is 24.9 Å². The van der Waals surface area contributed by atoms with Gasteiger partial charge in [0.25, 0.3) is 0 Å². The SMILES string of the molecule is Cc1cc(C(C)n2cnc3c2CC(C(=O)O)N(C(=O)C(c2ccccc2)c2ccccc2)C3)ccc1N. The fourth-order valence-electron chi connectivity index (χ4n) is 5.18. The van der Waals surface area contributed by atoms with Crippen LogP contribution in [0.1, 0.15) is 52.5 Å². The predicted octanol–water partition coefficient (Wildman–Crippen LogP) is 4.55. The van der Waals surface area contributed by atoms with E-state index < -0.39 is 17.9 Å². The number of nitrogens with two attached hydrogens (primary N) is 1. The molecule has 3 N–H and O–H groups in total. The Balaban J connectivity index is 1.51. The quantitative estimate of drug-likeness (QED) is 0.383. The molecule has 2 heterocycles. The van der Waals surface area contributed by atoms with Crippen LogP contribution in [0.2, 0.25) is 0 Å². The summed E-state index contributed by atoms with van der Waals surface area (Å²) in [6, 6.07) is 23.9. The molecule has 4 aromatic rings. The Labute approximate surface area is 216 Å². The summed E-state index contributed by atoms with van der Waals surface area (Å²) in [4.78, 5) is 32.7. The Bertz CT molecular complexity index is 1390. The Kier molecular flexibility index (Phi) is 6.53. The number of aliphatic carboxylic acids is 1. The van der Waals surface area contributed by atoms with E-state index in [4.69, 9.17) is 5.73 Å². The van der Waals surface area contributed by atoms with Gasteiger partial charge in [-0.2, -0.15) is 0 Å². The van der Waals surface area contributed by atoms with Crippen molar-refractivity contribution in [3.8, 4) is 0 Å². The summed E-state index contributed by atoms with van der Waals surface area (Å²) < 4.78 is 2.02. The summed E-state index contributed by atoms with van der Waals surface area (Å²) in [6.45, 7) is 4.16. The first-order valence-corrected chi connectivity index (χ1v) is 12.4. The van der Waals surface area contributed by atoms with E-state index in [1.165, 1.54) is 4.90 Å². The molecule has 0 aliphatic carbocycles. The standard InChI is InChI=1S/C30H30N4O3/c1-19-15-23(13-14-24(19)31)20(2)34-18-32-25-17-33(27(30(36)37)16-26(25)34)29(35)28(21-9-5-3-6-10-21)22-11-7-4-8-12-22/h3-15,18,20,27-28H,16-17,31H2,1-2H3,(H,36,37). The van der Waals surface area contributed by atoms with Gasteiger partial charge in [-0.1, -0.05) is 72.8 Å². The van der Waals surface area contributed by atoms with Gasteiger partial charge < -0.3 is 20.3 Å².